The molecule has 0 amide bonds. The Hall–Kier alpha value is -1.33. The maximum Gasteiger partial charge on any atom is 0.179 e. The lowest BCUT2D eigenvalue weighted by molar-refractivity contribution is 0.0548. The summed E-state index contributed by atoms with van der Waals surface area (Å²) in [6.45, 7) is 5.92. The fraction of sp³-hybridized carbons (Fsp3) is 0.533. The number of hydrogen-bond donors (Lipinski definition) is 0. The van der Waals surface area contributed by atoms with Crippen molar-refractivity contribution in [2.45, 2.75) is 25.9 Å². The Labute approximate surface area is 118 Å². The van der Waals surface area contributed by atoms with Crippen LogP contribution in [0.4, 0.5) is 8.78 Å². The molecule has 2 rings (SSSR count). The van der Waals surface area contributed by atoms with Crippen LogP contribution in [-0.2, 0) is 0 Å². The molecular weight excluding hydrogens is 262 g/mol. The van der Waals surface area contributed by atoms with Crippen molar-refractivity contribution in [2.24, 2.45) is 0 Å². The van der Waals surface area contributed by atoms with E-state index in [1.165, 1.54) is 6.07 Å². The van der Waals surface area contributed by atoms with E-state index in [-0.39, 0.29) is 17.9 Å². The molecule has 1 fully saturated rings. The van der Waals surface area contributed by atoms with E-state index >= 15 is 0 Å². The second kappa shape index (κ2) is 5.97. The van der Waals surface area contributed by atoms with Crippen LogP contribution in [0.3, 0.4) is 0 Å². The Morgan fingerprint density at radius 1 is 1.25 bits per heavy atom. The highest BCUT2D eigenvalue weighted by Crippen LogP contribution is 2.15. The van der Waals surface area contributed by atoms with Gasteiger partial charge in [0.25, 0.3) is 0 Å². The van der Waals surface area contributed by atoms with Gasteiger partial charge in [0.1, 0.15) is 11.6 Å². The smallest absolute Gasteiger partial charge is 0.179 e. The molecule has 0 bridgehead atoms. The molecule has 0 radical (unpaired) electrons. The normalized spacial score (nSPS) is 24.9. The summed E-state index contributed by atoms with van der Waals surface area (Å²) in [5.41, 5.74) is -0.0364. The predicted molar refractivity (Wildman–Crippen MR) is 73.8 cm³/mol. The summed E-state index contributed by atoms with van der Waals surface area (Å²) in [5, 5.41) is 0. The molecule has 3 nitrogen and oxygen atoms in total. The maximum atomic E-state index is 13.6. The number of halogens is 2. The molecule has 2 atom stereocenters. The Balaban J connectivity index is 2.04. The second-order valence-corrected chi connectivity index (χ2v) is 5.60. The van der Waals surface area contributed by atoms with Gasteiger partial charge in [-0.1, -0.05) is 0 Å². The van der Waals surface area contributed by atoms with Crippen LogP contribution in [0.1, 0.15) is 24.2 Å². The molecule has 1 aliphatic heterocycles. The first-order valence-electron chi connectivity index (χ1n) is 6.81. The molecule has 1 saturated heterocycles. The molecule has 20 heavy (non-hydrogen) atoms. The predicted octanol–water partition coefficient (Wildman–Crippen LogP) is 2.17. The zero-order valence-electron chi connectivity index (χ0n) is 12.1. The number of rotatable bonds is 3. The molecule has 5 heteroatoms. The van der Waals surface area contributed by atoms with Crippen LogP contribution in [0, 0.1) is 11.6 Å². The number of nitrogens with zero attached hydrogens (tertiary/aromatic N) is 2. The number of benzene rings is 1. The van der Waals surface area contributed by atoms with Crippen molar-refractivity contribution in [3.05, 3.63) is 35.4 Å². The van der Waals surface area contributed by atoms with E-state index in [0.717, 1.165) is 25.2 Å². The van der Waals surface area contributed by atoms with Crippen molar-refractivity contribution in [3.8, 4) is 0 Å². The van der Waals surface area contributed by atoms with Crippen molar-refractivity contribution < 1.29 is 13.6 Å². The molecule has 0 aromatic heterocycles. The highest BCUT2D eigenvalue weighted by Gasteiger charge is 2.28. The standard InChI is InChI=1S/C15H20F2N2O/c1-10-7-19(8-11(2)18(10)3)9-15(20)13-5-4-12(16)6-14(13)17/h4-6,10-11H,7-9H2,1-3H3. The molecule has 0 N–H and O–H groups in total. The largest absolute Gasteiger partial charge is 0.298 e. The van der Waals surface area contributed by atoms with Crippen LogP contribution >= 0.6 is 0 Å². The molecule has 0 aliphatic carbocycles. The summed E-state index contributed by atoms with van der Waals surface area (Å²) >= 11 is 0. The quantitative estimate of drug-likeness (QED) is 0.794. The molecular formula is C15H20F2N2O. The summed E-state index contributed by atoms with van der Waals surface area (Å²) in [4.78, 5) is 16.4. The number of Topliss-reactive ketones (excluding diaryl/α,β-unsaturated/α-hetero) is 1. The van der Waals surface area contributed by atoms with Crippen LogP contribution in [0.25, 0.3) is 0 Å². The molecule has 1 heterocycles. The lowest BCUT2D eigenvalue weighted by Crippen LogP contribution is -2.55. The van der Waals surface area contributed by atoms with Gasteiger partial charge in [0.15, 0.2) is 5.78 Å². The number of ketones is 1. The number of hydrogen-bond acceptors (Lipinski definition) is 3. The van der Waals surface area contributed by atoms with Gasteiger partial charge in [-0.05, 0) is 33.0 Å². The SMILES string of the molecule is CC1CN(CC(=O)c2ccc(F)cc2F)CC(C)N1C. The van der Waals surface area contributed by atoms with Crippen LogP contribution in [-0.4, -0.2) is 54.3 Å². The topological polar surface area (TPSA) is 23.6 Å². The lowest BCUT2D eigenvalue weighted by atomic mass is 10.1. The Kier molecular flexibility index (Phi) is 4.50. The van der Waals surface area contributed by atoms with E-state index in [9.17, 15) is 13.6 Å². The Morgan fingerprint density at radius 3 is 2.40 bits per heavy atom. The van der Waals surface area contributed by atoms with Crippen molar-refractivity contribution in [2.75, 3.05) is 26.7 Å². The van der Waals surface area contributed by atoms with Crippen LogP contribution in [0.15, 0.2) is 18.2 Å². The fourth-order valence-corrected chi connectivity index (χ4v) is 2.65. The first kappa shape index (κ1) is 15.1. The second-order valence-electron chi connectivity index (χ2n) is 5.60. The molecule has 1 aliphatic rings. The van der Waals surface area contributed by atoms with E-state index in [2.05, 4.69) is 25.8 Å². The van der Waals surface area contributed by atoms with Crippen molar-refractivity contribution >= 4 is 5.78 Å². The summed E-state index contributed by atoms with van der Waals surface area (Å²) in [6.07, 6.45) is 0. The minimum Gasteiger partial charge on any atom is -0.298 e. The first-order valence-corrected chi connectivity index (χ1v) is 6.81. The summed E-state index contributed by atoms with van der Waals surface area (Å²) < 4.78 is 26.4. The summed E-state index contributed by atoms with van der Waals surface area (Å²) in [6, 6.07) is 3.79. The Morgan fingerprint density at radius 2 is 1.85 bits per heavy atom. The maximum absolute atomic E-state index is 13.6. The van der Waals surface area contributed by atoms with E-state index in [1.54, 1.807) is 0 Å². The van der Waals surface area contributed by atoms with Gasteiger partial charge in [0, 0.05) is 31.2 Å². The van der Waals surface area contributed by atoms with Crippen LogP contribution in [0.5, 0.6) is 0 Å². The van der Waals surface area contributed by atoms with E-state index in [4.69, 9.17) is 0 Å². The van der Waals surface area contributed by atoms with Gasteiger partial charge < -0.3 is 0 Å². The number of carbonyl (C=O) groups excluding carboxylic acids is 1. The highest BCUT2D eigenvalue weighted by atomic mass is 19.1. The number of piperazine rings is 1. The molecule has 2 unspecified atom stereocenters. The minimum absolute atomic E-state index is 0.0364. The zero-order chi connectivity index (χ0) is 14.9. The van der Waals surface area contributed by atoms with Crippen molar-refractivity contribution in [1.82, 2.24) is 9.80 Å². The van der Waals surface area contributed by atoms with Gasteiger partial charge in [-0.25, -0.2) is 8.78 Å². The molecule has 1 aromatic carbocycles. The van der Waals surface area contributed by atoms with E-state index in [0.29, 0.717) is 12.1 Å². The zero-order valence-corrected chi connectivity index (χ0v) is 12.1. The van der Waals surface area contributed by atoms with Gasteiger partial charge in [-0.3, -0.25) is 14.6 Å². The van der Waals surface area contributed by atoms with E-state index < -0.39 is 11.6 Å². The average Bonchev–Trinajstić information content (AvgIpc) is 2.35. The van der Waals surface area contributed by atoms with Gasteiger partial charge in [-0.2, -0.15) is 0 Å². The highest BCUT2D eigenvalue weighted by molar-refractivity contribution is 5.97. The molecule has 1 aromatic rings. The Bertz CT molecular complexity index is 495. The third kappa shape index (κ3) is 3.22. The van der Waals surface area contributed by atoms with Gasteiger partial charge in [0.05, 0.1) is 12.1 Å². The third-order valence-corrected chi connectivity index (χ3v) is 4.03. The molecule has 0 saturated carbocycles. The first-order chi connectivity index (χ1) is 9.38. The van der Waals surface area contributed by atoms with Gasteiger partial charge in [0.2, 0.25) is 0 Å². The molecule has 0 spiro atoms. The summed E-state index contributed by atoms with van der Waals surface area (Å²) in [7, 11) is 2.06. The minimum atomic E-state index is -0.787. The number of carbonyl (C=O) groups is 1. The third-order valence-electron chi connectivity index (χ3n) is 4.03. The van der Waals surface area contributed by atoms with E-state index in [1.807, 2.05) is 4.90 Å². The fourth-order valence-electron chi connectivity index (χ4n) is 2.65. The average molecular weight is 282 g/mol. The van der Waals surface area contributed by atoms with Gasteiger partial charge in [-0.15, -0.1) is 0 Å². The van der Waals surface area contributed by atoms with Crippen LogP contribution < -0.4 is 0 Å². The lowest BCUT2D eigenvalue weighted by Gasteiger charge is -2.42. The van der Waals surface area contributed by atoms with Crippen LogP contribution in [0.2, 0.25) is 0 Å². The number of likely N-dealkylation sites (N-methyl/N-ethyl adjacent to an activating group) is 1. The summed E-state index contributed by atoms with van der Waals surface area (Å²) in [5.74, 6) is -1.75. The molecule has 110 valence electrons. The van der Waals surface area contributed by atoms with Crippen molar-refractivity contribution in [3.63, 3.8) is 0 Å². The monoisotopic (exact) mass is 282 g/mol. The van der Waals surface area contributed by atoms with Gasteiger partial charge >= 0.3 is 0 Å². The van der Waals surface area contributed by atoms with Crippen molar-refractivity contribution in [1.29, 1.82) is 0 Å².